The van der Waals surface area contributed by atoms with Crippen molar-refractivity contribution in [1.82, 2.24) is 4.90 Å². The maximum absolute atomic E-state index is 14.3. The average molecular weight is 886 g/mol. The second-order valence-corrected chi connectivity index (χ2v) is 19.5. The molecule has 63 heavy (non-hydrogen) atoms. The molecule has 3 fully saturated rings. The van der Waals surface area contributed by atoms with Gasteiger partial charge in [0.05, 0.1) is 30.8 Å². The Labute approximate surface area is 376 Å². The van der Waals surface area contributed by atoms with E-state index >= 15 is 0 Å². The molecule has 0 aromatic heterocycles. The van der Waals surface area contributed by atoms with Crippen molar-refractivity contribution >= 4 is 23.4 Å². The lowest BCUT2D eigenvalue weighted by Gasteiger charge is -2.44. The molecule has 0 aromatic carbocycles. The molecule has 2 saturated heterocycles. The summed E-state index contributed by atoms with van der Waals surface area (Å²) in [5.74, 6) is -4.92. The fourth-order valence-electron chi connectivity index (χ4n) is 9.94. The smallest absolute Gasteiger partial charge is 0.329 e. The standard InChI is InChI=1S/C50H79NO12/c1-30-15-11-10-12-16-31(2)41(53)27-38-20-18-36(7)50(59,63-38)29-45(55)51-22-14-13-17-39(51)49(58)62-43(33(4)25-37-19-21-40(52)44(26-37)60-8)28-42(54)32(3)24-35(6)47(57)48(61-9)46(56)34(5)23-30/h10-12,15-16,24,30,32-34,36-41,43-44,47-48,52-53,57,59H,13-14,17-23,25-29H2,1-9H3/b12-10+,15-11-,31-16+,35-24+/t30-,32-,33-,34-,36-,37?,38+,39+,40+,41+,43+,44+,47-,48+,50+/m1/s1. The van der Waals surface area contributed by atoms with Crippen LogP contribution in [0.15, 0.2) is 47.6 Å². The Balaban J connectivity index is 1.66. The molecule has 1 saturated carbocycles. The van der Waals surface area contributed by atoms with E-state index in [2.05, 4.69) is 0 Å². The van der Waals surface area contributed by atoms with Crippen LogP contribution in [0, 0.1) is 35.5 Å². The number of hydrogen-bond acceptors (Lipinski definition) is 12. The summed E-state index contributed by atoms with van der Waals surface area (Å²) in [5, 5.41) is 44.9. The number of aliphatic hydroxyl groups is 4. The summed E-state index contributed by atoms with van der Waals surface area (Å²) in [7, 11) is 2.97. The molecule has 13 heteroatoms. The number of cyclic esters (lactones) is 1. The van der Waals surface area contributed by atoms with Crippen molar-refractivity contribution in [2.24, 2.45) is 35.5 Å². The van der Waals surface area contributed by atoms with Crippen LogP contribution in [-0.2, 0) is 38.1 Å². The molecule has 13 nitrogen and oxygen atoms in total. The first-order chi connectivity index (χ1) is 29.8. The Kier molecular flexibility index (Phi) is 20.4. The minimum absolute atomic E-state index is 0.0250. The van der Waals surface area contributed by atoms with E-state index in [1.54, 1.807) is 27.0 Å². The van der Waals surface area contributed by atoms with E-state index in [9.17, 15) is 39.6 Å². The number of Topliss-reactive ketones (excluding diaryl/α,β-unsaturated/α-hetero) is 2. The summed E-state index contributed by atoms with van der Waals surface area (Å²) in [6, 6.07) is -0.922. The van der Waals surface area contributed by atoms with Gasteiger partial charge in [-0.1, -0.05) is 71.1 Å². The van der Waals surface area contributed by atoms with E-state index in [0.717, 1.165) is 6.42 Å². The van der Waals surface area contributed by atoms with Crippen LogP contribution in [0.3, 0.4) is 0 Å². The first kappa shape index (κ1) is 52.6. The molecular weight excluding hydrogens is 807 g/mol. The van der Waals surface area contributed by atoms with Gasteiger partial charge in [0, 0.05) is 51.4 Å². The zero-order valence-electron chi connectivity index (χ0n) is 39.4. The third kappa shape index (κ3) is 14.7. The maximum Gasteiger partial charge on any atom is 0.329 e. The minimum Gasteiger partial charge on any atom is -0.460 e. The number of aliphatic hydroxyl groups excluding tert-OH is 3. The third-order valence-corrected chi connectivity index (χ3v) is 14.3. The summed E-state index contributed by atoms with van der Waals surface area (Å²) >= 11 is 0. The highest BCUT2D eigenvalue weighted by Crippen LogP contribution is 2.38. The summed E-state index contributed by atoms with van der Waals surface area (Å²) < 4.78 is 23.7. The van der Waals surface area contributed by atoms with E-state index in [0.29, 0.717) is 75.5 Å². The Hall–Kier alpha value is -3.04. The number of fused-ring (bicyclic) bond motifs is 3. The number of piperidine rings is 1. The highest BCUT2D eigenvalue weighted by molar-refractivity contribution is 5.87. The number of ketones is 2. The fraction of sp³-hybridized carbons (Fsp3) is 0.760. The van der Waals surface area contributed by atoms with Crippen molar-refractivity contribution in [2.45, 2.75) is 186 Å². The number of carbonyl (C=O) groups excluding carboxylic acids is 4. The van der Waals surface area contributed by atoms with Crippen LogP contribution in [0.2, 0.25) is 0 Å². The van der Waals surface area contributed by atoms with E-state index in [1.807, 2.05) is 65.0 Å². The van der Waals surface area contributed by atoms with Gasteiger partial charge in [-0.25, -0.2) is 4.79 Å². The highest BCUT2D eigenvalue weighted by Gasteiger charge is 2.46. The van der Waals surface area contributed by atoms with Crippen LogP contribution >= 0.6 is 0 Å². The number of esters is 1. The third-order valence-electron chi connectivity index (χ3n) is 14.3. The quantitative estimate of drug-likeness (QED) is 0.177. The van der Waals surface area contributed by atoms with Crippen LogP contribution in [-0.4, -0.2) is 124 Å². The normalized spacial score (nSPS) is 41.3. The monoisotopic (exact) mass is 886 g/mol. The van der Waals surface area contributed by atoms with Gasteiger partial charge in [-0.15, -0.1) is 0 Å². The van der Waals surface area contributed by atoms with Crippen LogP contribution in [0.5, 0.6) is 0 Å². The summed E-state index contributed by atoms with van der Waals surface area (Å²) in [5.41, 5.74) is 1.12. The van der Waals surface area contributed by atoms with E-state index in [4.69, 9.17) is 18.9 Å². The predicted molar refractivity (Wildman–Crippen MR) is 240 cm³/mol. The number of hydrogen-bond donors (Lipinski definition) is 4. The Morgan fingerprint density at radius 1 is 0.873 bits per heavy atom. The lowest BCUT2D eigenvalue weighted by molar-refractivity contribution is -0.283. The number of methoxy groups -OCH3 is 2. The van der Waals surface area contributed by atoms with Crippen molar-refractivity contribution in [1.29, 1.82) is 0 Å². The number of amides is 1. The van der Waals surface area contributed by atoms with E-state index in [-0.39, 0.29) is 60.6 Å². The first-order valence-electron chi connectivity index (χ1n) is 23.5. The Morgan fingerprint density at radius 2 is 1.60 bits per heavy atom. The zero-order chi connectivity index (χ0) is 46.6. The van der Waals surface area contributed by atoms with Gasteiger partial charge in [-0.3, -0.25) is 14.4 Å². The second-order valence-electron chi connectivity index (χ2n) is 19.5. The van der Waals surface area contributed by atoms with Crippen molar-refractivity contribution in [3.8, 4) is 0 Å². The molecule has 0 radical (unpaired) electrons. The number of nitrogens with zero attached hydrogens (tertiary/aromatic N) is 1. The molecule has 1 aliphatic carbocycles. The van der Waals surface area contributed by atoms with Crippen LogP contribution < -0.4 is 0 Å². The highest BCUT2D eigenvalue weighted by atomic mass is 16.6. The van der Waals surface area contributed by atoms with Gasteiger partial charge in [-0.2, -0.15) is 0 Å². The second kappa shape index (κ2) is 24.5. The number of ether oxygens (including phenoxy) is 4. The van der Waals surface area contributed by atoms with E-state index < -0.39 is 72.2 Å². The Morgan fingerprint density at radius 3 is 2.30 bits per heavy atom. The minimum atomic E-state index is -1.80. The van der Waals surface area contributed by atoms with Crippen molar-refractivity contribution in [3.05, 3.63) is 47.6 Å². The first-order valence-corrected chi connectivity index (χ1v) is 23.5. The lowest BCUT2D eigenvalue weighted by Crippen LogP contribution is -2.54. The molecule has 0 spiro atoms. The van der Waals surface area contributed by atoms with Crippen molar-refractivity contribution in [2.75, 3.05) is 20.8 Å². The van der Waals surface area contributed by atoms with Gasteiger partial charge in [0.2, 0.25) is 5.91 Å². The molecule has 4 N–H and O–H groups in total. The molecule has 0 aromatic rings. The van der Waals surface area contributed by atoms with E-state index in [1.165, 1.54) is 12.0 Å². The molecule has 356 valence electrons. The van der Waals surface area contributed by atoms with Gasteiger partial charge in [-0.05, 0) is 107 Å². The zero-order valence-corrected chi connectivity index (χ0v) is 39.4. The van der Waals surface area contributed by atoms with Gasteiger partial charge >= 0.3 is 5.97 Å². The summed E-state index contributed by atoms with van der Waals surface area (Å²) in [6.45, 7) is 13.1. The summed E-state index contributed by atoms with van der Waals surface area (Å²) in [4.78, 5) is 57.7. The lowest BCUT2D eigenvalue weighted by atomic mass is 9.78. The molecule has 3 heterocycles. The summed E-state index contributed by atoms with van der Waals surface area (Å²) in [6.07, 6.45) is 11.3. The average Bonchev–Trinajstić information content (AvgIpc) is 3.24. The SMILES string of the molecule is CO[C@H]1CC(C[C@@H](C)[C@@H]2CC(=O)[C@H](C)/C=C(\C)[C@@H](O)[C@@H](OC)C(=O)[C@H](C)C[C@H](C)\C=C/C=C/C=C(\C)[C@@H](O)C[C@@H]3CC[C@@H](C)[C@](O)(CC(=O)N4CCCC[C@H]4C(=O)O2)O3)CC[C@@H]1O. The largest absolute Gasteiger partial charge is 0.460 e. The molecule has 2 bridgehead atoms. The number of carbonyl (C=O) groups is 4. The molecule has 3 aliphatic heterocycles. The predicted octanol–water partition coefficient (Wildman–Crippen LogP) is 6.35. The topological polar surface area (TPSA) is 189 Å². The van der Waals surface area contributed by atoms with Crippen LogP contribution in [0.4, 0.5) is 0 Å². The van der Waals surface area contributed by atoms with Gasteiger partial charge in [0.1, 0.15) is 30.1 Å². The molecule has 1 unspecified atom stereocenters. The van der Waals surface area contributed by atoms with Crippen molar-refractivity contribution < 1.29 is 58.6 Å². The van der Waals surface area contributed by atoms with Crippen molar-refractivity contribution in [3.63, 3.8) is 0 Å². The van der Waals surface area contributed by atoms with Gasteiger partial charge in [0.25, 0.3) is 0 Å². The molecule has 4 rings (SSSR count). The molecule has 15 atom stereocenters. The van der Waals surface area contributed by atoms with Crippen LogP contribution in [0.1, 0.15) is 132 Å². The molecule has 4 aliphatic rings. The molecular formula is C50H79NO12. The van der Waals surface area contributed by atoms with Gasteiger partial charge in [0.15, 0.2) is 11.6 Å². The fourth-order valence-corrected chi connectivity index (χ4v) is 9.94. The molecule has 1 amide bonds. The van der Waals surface area contributed by atoms with Crippen LogP contribution in [0.25, 0.3) is 0 Å². The maximum atomic E-state index is 14.3. The number of allylic oxidation sites excluding steroid dienone is 6. The Bertz CT molecular complexity index is 1660. The van der Waals surface area contributed by atoms with Gasteiger partial charge < -0.3 is 44.3 Å². The number of rotatable bonds is 5.